The van der Waals surface area contributed by atoms with Gasteiger partial charge in [-0.3, -0.25) is 9.59 Å². The molecule has 0 radical (unpaired) electrons. The van der Waals surface area contributed by atoms with Crippen LogP contribution in [-0.2, 0) is 26.2 Å². The third-order valence-electron chi connectivity index (χ3n) is 4.85. The first kappa shape index (κ1) is 23.8. The van der Waals surface area contributed by atoms with Gasteiger partial charge in [-0.1, -0.05) is 30.0 Å². The Labute approximate surface area is 190 Å². The van der Waals surface area contributed by atoms with E-state index in [4.69, 9.17) is 5.14 Å². The molecule has 2 aromatic carbocycles. The lowest BCUT2D eigenvalue weighted by Crippen LogP contribution is -2.34. The molecule has 2 amide bonds. The Bertz CT molecular complexity index is 1260. The largest absolute Gasteiger partial charge is 0.346 e. The van der Waals surface area contributed by atoms with E-state index in [1.807, 2.05) is 43.5 Å². The summed E-state index contributed by atoms with van der Waals surface area (Å²) in [5.74, 6) is -0.564. The van der Waals surface area contributed by atoms with Gasteiger partial charge in [-0.15, -0.1) is 0 Å². The van der Waals surface area contributed by atoms with Crippen LogP contribution in [0.4, 0.5) is 5.69 Å². The number of nitrogens with two attached hydrogens (primary N) is 1. The summed E-state index contributed by atoms with van der Waals surface area (Å²) in [6, 6.07) is 10.2. The predicted octanol–water partition coefficient (Wildman–Crippen LogP) is 2.17. The maximum Gasteiger partial charge on any atom is 0.243 e. The summed E-state index contributed by atoms with van der Waals surface area (Å²) in [6.45, 7) is 6.19. The molecule has 11 heteroatoms. The fourth-order valence-corrected chi connectivity index (χ4v) is 4.68. The second-order valence-electron chi connectivity index (χ2n) is 7.21. The van der Waals surface area contributed by atoms with E-state index in [-0.39, 0.29) is 29.0 Å². The number of fused-ring (bicyclic) bond motifs is 1. The van der Waals surface area contributed by atoms with Crippen LogP contribution in [0.15, 0.2) is 46.5 Å². The molecule has 9 nitrogen and oxygen atoms in total. The zero-order valence-corrected chi connectivity index (χ0v) is 19.6. The van der Waals surface area contributed by atoms with Crippen LogP contribution in [0.25, 0.3) is 11.0 Å². The SMILES string of the molecule is CCn1c(SCC(=O)NCC(=O)Nc2c(C)cccc2C)nc2cc(S(N)(=O)=O)ccc21. The van der Waals surface area contributed by atoms with Crippen LogP contribution in [0, 0.1) is 13.8 Å². The molecule has 0 bridgehead atoms. The smallest absolute Gasteiger partial charge is 0.243 e. The fraction of sp³-hybridized carbons (Fsp3) is 0.286. The van der Waals surface area contributed by atoms with Gasteiger partial charge in [-0.25, -0.2) is 18.5 Å². The minimum atomic E-state index is -3.83. The average Bonchev–Trinajstić information content (AvgIpc) is 3.09. The third-order valence-corrected chi connectivity index (χ3v) is 6.74. The number of nitrogens with one attached hydrogen (secondary N) is 2. The van der Waals surface area contributed by atoms with E-state index in [1.54, 1.807) is 6.07 Å². The Morgan fingerprint density at radius 1 is 1.12 bits per heavy atom. The number of aromatic nitrogens is 2. The van der Waals surface area contributed by atoms with Crippen molar-refractivity contribution in [2.75, 3.05) is 17.6 Å². The quantitative estimate of drug-likeness (QED) is 0.427. The molecule has 0 spiro atoms. The van der Waals surface area contributed by atoms with Gasteiger partial charge in [0.05, 0.1) is 28.2 Å². The zero-order valence-electron chi connectivity index (χ0n) is 18.0. The van der Waals surface area contributed by atoms with Gasteiger partial charge in [0.2, 0.25) is 21.8 Å². The molecule has 0 aliphatic carbocycles. The summed E-state index contributed by atoms with van der Waals surface area (Å²) in [7, 11) is -3.83. The van der Waals surface area contributed by atoms with Gasteiger partial charge in [-0.2, -0.15) is 0 Å². The van der Waals surface area contributed by atoms with E-state index in [2.05, 4.69) is 15.6 Å². The van der Waals surface area contributed by atoms with Crippen molar-refractivity contribution in [2.45, 2.75) is 37.4 Å². The van der Waals surface area contributed by atoms with Crippen molar-refractivity contribution >= 4 is 50.3 Å². The lowest BCUT2D eigenvalue weighted by molar-refractivity contribution is -0.122. The molecular formula is C21H25N5O4S2. The Balaban J connectivity index is 1.61. The number of imidazole rings is 1. The molecular weight excluding hydrogens is 450 g/mol. The summed E-state index contributed by atoms with van der Waals surface area (Å²) >= 11 is 1.21. The Morgan fingerprint density at radius 2 is 1.81 bits per heavy atom. The number of thioether (sulfide) groups is 1. The maximum absolute atomic E-state index is 12.3. The summed E-state index contributed by atoms with van der Waals surface area (Å²) in [6.07, 6.45) is 0. The minimum Gasteiger partial charge on any atom is -0.346 e. The van der Waals surface area contributed by atoms with Crippen LogP contribution in [0.3, 0.4) is 0 Å². The standard InChI is InChI=1S/C21H25N5O4S2/c1-4-26-17-9-8-15(32(22,29)30)10-16(17)24-21(26)31-12-19(28)23-11-18(27)25-20-13(2)6-5-7-14(20)3/h5-10H,4,11-12H2,1-3H3,(H,23,28)(H,25,27)(H2,22,29,30). The van der Waals surface area contributed by atoms with E-state index in [9.17, 15) is 18.0 Å². The number of anilines is 1. The molecule has 0 saturated carbocycles. The molecule has 0 unspecified atom stereocenters. The van der Waals surface area contributed by atoms with E-state index < -0.39 is 10.0 Å². The van der Waals surface area contributed by atoms with Crippen molar-refractivity contribution in [1.82, 2.24) is 14.9 Å². The number of primary sulfonamides is 1. The van der Waals surface area contributed by atoms with Crippen molar-refractivity contribution in [1.29, 1.82) is 0 Å². The second kappa shape index (κ2) is 9.72. The number of nitrogens with zero attached hydrogens (tertiary/aromatic N) is 2. The number of hydrogen-bond donors (Lipinski definition) is 3. The first-order valence-corrected chi connectivity index (χ1v) is 12.4. The molecule has 1 aromatic heterocycles. The van der Waals surface area contributed by atoms with Crippen LogP contribution >= 0.6 is 11.8 Å². The lowest BCUT2D eigenvalue weighted by Gasteiger charge is -2.12. The summed E-state index contributed by atoms with van der Waals surface area (Å²) in [4.78, 5) is 28.9. The number of aryl methyl sites for hydroxylation is 3. The normalized spacial score (nSPS) is 11.5. The van der Waals surface area contributed by atoms with Crippen LogP contribution in [-0.4, -0.2) is 42.1 Å². The minimum absolute atomic E-state index is 0.0186. The lowest BCUT2D eigenvalue weighted by atomic mass is 10.1. The number of para-hydroxylation sites is 1. The van der Waals surface area contributed by atoms with Crippen LogP contribution in [0.2, 0.25) is 0 Å². The van der Waals surface area contributed by atoms with Gasteiger partial charge >= 0.3 is 0 Å². The molecule has 0 fully saturated rings. The highest BCUT2D eigenvalue weighted by Crippen LogP contribution is 2.26. The number of amides is 2. The molecule has 0 atom stereocenters. The highest BCUT2D eigenvalue weighted by atomic mass is 32.2. The van der Waals surface area contributed by atoms with Crippen LogP contribution < -0.4 is 15.8 Å². The highest BCUT2D eigenvalue weighted by molar-refractivity contribution is 7.99. The van der Waals surface area contributed by atoms with Crippen molar-refractivity contribution in [3.05, 3.63) is 47.5 Å². The summed E-state index contributed by atoms with van der Waals surface area (Å²) in [5, 5.41) is 11.2. The van der Waals surface area contributed by atoms with Crippen molar-refractivity contribution in [3.63, 3.8) is 0 Å². The van der Waals surface area contributed by atoms with E-state index in [0.717, 1.165) is 22.3 Å². The van der Waals surface area contributed by atoms with E-state index >= 15 is 0 Å². The number of carbonyl (C=O) groups is 2. The first-order chi connectivity index (χ1) is 15.1. The predicted molar refractivity (Wildman–Crippen MR) is 125 cm³/mol. The topological polar surface area (TPSA) is 136 Å². The maximum atomic E-state index is 12.3. The highest BCUT2D eigenvalue weighted by Gasteiger charge is 2.16. The van der Waals surface area contributed by atoms with Gasteiger partial charge in [-0.05, 0) is 50.1 Å². The number of carbonyl (C=O) groups excluding carboxylic acids is 2. The molecule has 3 rings (SSSR count). The van der Waals surface area contributed by atoms with E-state index in [1.165, 1.54) is 23.9 Å². The molecule has 0 saturated heterocycles. The van der Waals surface area contributed by atoms with Gasteiger partial charge in [0.1, 0.15) is 0 Å². The van der Waals surface area contributed by atoms with Gasteiger partial charge in [0.15, 0.2) is 5.16 Å². The van der Waals surface area contributed by atoms with Crippen molar-refractivity contribution in [2.24, 2.45) is 5.14 Å². The van der Waals surface area contributed by atoms with Crippen molar-refractivity contribution in [3.8, 4) is 0 Å². The number of hydrogen-bond acceptors (Lipinski definition) is 6. The summed E-state index contributed by atoms with van der Waals surface area (Å²) in [5.41, 5.74) is 3.87. The zero-order chi connectivity index (χ0) is 23.5. The monoisotopic (exact) mass is 475 g/mol. The average molecular weight is 476 g/mol. The Morgan fingerprint density at radius 3 is 2.44 bits per heavy atom. The van der Waals surface area contributed by atoms with Crippen LogP contribution in [0.5, 0.6) is 0 Å². The molecule has 170 valence electrons. The molecule has 4 N–H and O–H groups in total. The summed E-state index contributed by atoms with van der Waals surface area (Å²) < 4.78 is 25.1. The Hall–Kier alpha value is -2.89. The number of sulfonamides is 1. The molecule has 0 aliphatic heterocycles. The third kappa shape index (κ3) is 5.47. The van der Waals surface area contributed by atoms with Gasteiger partial charge in [0, 0.05) is 12.2 Å². The molecule has 32 heavy (non-hydrogen) atoms. The first-order valence-electron chi connectivity index (χ1n) is 9.88. The van der Waals surface area contributed by atoms with Crippen molar-refractivity contribution < 1.29 is 18.0 Å². The molecule has 0 aliphatic rings. The molecule has 1 heterocycles. The number of benzene rings is 2. The van der Waals surface area contributed by atoms with Crippen LogP contribution in [0.1, 0.15) is 18.1 Å². The fourth-order valence-electron chi connectivity index (χ4n) is 3.24. The second-order valence-corrected chi connectivity index (χ2v) is 9.72. The van der Waals surface area contributed by atoms with Gasteiger partial charge in [0.25, 0.3) is 0 Å². The van der Waals surface area contributed by atoms with Gasteiger partial charge < -0.3 is 15.2 Å². The Kier molecular flexibility index (Phi) is 7.22. The molecule has 3 aromatic rings. The van der Waals surface area contributed by atoms with E-state index in [0.29, 0.717) is 17.2 Å². The number of rotatable bonds is 8.